The smallest absolute Gasteiger partial charge is 0.316 e. The number of aryl methyl sites for hydroxylation is 1. The van der Waals surface area contributed by atoms with Gasteiger partial charge in [0.1, 0.15) is 11.3 Å². The highest BCUT2D eigenvalue weighted by Crippen LogP contribution is 2.36. The fraction of sp³-hybridized carbons (Fsp3) is 0.154. The first-order valence-corrected chi connectivity index (χ1v) is 11.6. The summed E-state index contributed by atoms with van der Waals surface area (Å²) >= 11 is 5.90. The predicted octanol–water partition coefficient (Wildman–Crippen LogP) is 4.32. The number of rotatable bonds is 5. The molecule has 0 radical (unpaired) electrons. The highest BCUT2D eigenvalue weighted by molar-refractivity contribution is 6.36. The van der Waals surface area contributed by atoms with Gasteiger partial charge in [0, 0.05) is 29.7 Å². The average molecular weight is 520 g/mol. The molecule has 0 spiro atoms. The van der Waals surface area contributed by atoms with Crippen LogP contribution in [-0.2, 0) is 9.59 Å². The van der Waals surface area contributed by atoms with Gasteiger partial charge in [0.05, 0.1) is 22.1 Å². The molecule has 1 saturated heterocycles. The second-order valence-electron chi connectivity index (χ2n) is 8.65. The molecule has 3 amide bonds. The number of ether oxygens (including phenoxy) is 1. The maximum Gasteiger partial charge on any atom is 0.316 e. The number of nitro groups is 1. The number of nitro benzene ring substituents is 1. The molecule has 2 aliphatic heterocycles. The van der Waals surface area contributed by atoms with Crippen molar-refractivity contribution in [2.75, 3.05) is 16.3 Å². The van der Waals surface area contributed by atoms with Crippen LogP contribution >= 0.6 is 11.6 Å². The fourth-order valence-electron chi connectivity index (χ4n) is 4.52. The van der Waals surface area contributed by atoms with Gasteiger partial charge in [-0.1, -0.05) is 17.7 Å². The van der Waals surface area contributed by atoms with E-state index in [1.807, 2.05) is 0 Å². The third kappa shape index (κ3) is 4.21. The molecule has 0 bridgehead atoms. The van der Waals surface area contributed by atoms with Gasteiger partial charge in [-0.2, -0.15) is 0 Å². The zero-order valence-corrected chi connectivity index (χ0v) is 20.1. The van der Waals surface area contributed by atoms with E-state index < -0.39 is 34.3 Å². The maximum atomic E-state index is 13.0. The van der Waals surface area contributed by atoms with Gasteiger partial charge < -0.3 is 9.64 Å². The molecule has 3 aromatic carbocycles. The molecular formula is C26H18ClN3O7. The Hall–Kier alpha value is -4.57. The van der Waals surface area contributed by atoms with Gasteiger partial charge in [-0.25, -0.2) is 4.90 Å². The van der Waals surface area contributed by atoms with Crippen molar-refractivity contribution in [1.82, 2.24) is 0 Å². The summed E-state index contributed by atoms with van der Waals surface area (Å²) in [5.74, 6) is -2.79. The molecule has 0 aromatic heterocycles. The van der Waals surface area contributed by atoms with E-state index in [4.69, 9.17) is 16.3 Å². The van der Waals surface area contributed by atoms with Crippen molar-refractivity contribution in [2.24, 2.45) is 5.92 Å². The molecule has 10 nitrogen and oxygen atoms in total. The molecule has 0 saturated carbocycles. The van der Waals surface area contributed by atoms with Crippen molar-refractivity contribution in [3.05, 3.63) is 92.5 Å². The van der Waals surface area contributed by atoms with Crippen LogP contribution in [0, 0.1) is 23.0 Å². The quantitative estimate of drug-likeness (QED) is 0.161. The lowest BCUT2D eigenvalue weighted by molar-refractivity contribution is -0.385. The lowest BCUT2D eigenvalue weighted by Gasteiger charge is -2.18. The van der Waals surface area contributed by atoms with Crippen LogP contribution in [0.2, 0.25) is 5.02 Å². The molecule has 3 aromatic rings. The topological polar surface area (TPSA) is 127 Å². The molecule has 1 atom stereocenters. The lowest BCUT2D eigenvalue weighted by Crippen LogP contribution is -2.30. The largest absolute Gasteiger partial charge is 0.426 e. The summed E-state index contributed by atoms with van der Waals surface area (Å²) in [7, 11) is 0. The Morgan fingerprint density at radius 3 is 2.46 bits per heavy atom. The molecule has 2 heterocycles. The minimum absolute atomic E-state index is 0.00759. The van der Waals surface area contributed by atoms with Gasteiger partial charge in [-0.3, -0.25) is 29.3 Å². The summed E-state index contributed by atoms with van der Waals surface area (Å²) in [6.07, 6.45) is -0.00759. The minimum Gasteiger partial charge on any atom is -0.426 e. The molecule has 2 aliphatic rings. The number of carbonyl (C=O) groups is 4. The van der Waals surface area contributed by atoms with Gasteiger partial charge in [-0.15, -0.1) is 0 Å². The summed E-state index contributed by atoms with van der Waals surface area (Å²) in [6.45, 7) is 1.77. The van der Waals surface area contributed by atoms with Crippen molar-refractivity contribution < 1.29 is 28.8 Å². The van der Waals surface area contributed by atoms with Crippen molar-refractivity contribution in [3.63, 3.8) is 0 Å². The number of hydrogen-bond donors (Lipinski definition) is 0. The van der Waals surface area contributed by atoms with Gasteiger partial charge in [-0.05, 0) is 61.0 Å². The molecular weight excluding hydrogens is 502 g/mol. The molecule has 1 fully saturated rings. The first-order valence-electron chi connectivity index (χ1n) is 11.2. The first kappa shape index (κ1) is 24.1. The number of nitrogens with zero attached hydrogens (tertiary/aromatic N) is 3. The third-order valence-corrected chi connectivity index (χ3v) is 6.57. The summed E-state index contributed by atoms with van der Waals surface area (Å²) in [5.41, 5.74) is 0.526. The van der Waals surface area contributed by atoms with E-state index in [2.05, 4.69) is 0 Å². The molecule has 0 N–H and O–H groups in total. The van der Waals surface area contributed by atoms with Crippen LogP contribution in [0.15, 0.2) is 60.7 Å². The van der Waals surface area contributed by atoms with E-state index >= 15 is 0 Å². The minimum atomic E-state index is -0.799. The van der Waals surface area contributed by atoms with E-state index in [1.54, 1.807) is 31.2 Å². The highest BCUT2D eigenvalue weighted by Gasteiger charge is 2.42. The Balaban J connectivity index is 1.32. The zero-order valence-electron chi connectivity index (χ0n) is 19.3. The summed E-state index contributed by atoms with van der Waals surface area (Å²) < 4.78 is 5.50. The predicted molar refractivity (Wildman–Crippen MR) is 133 cm³/mol. The van der Waals surface area contributed by atoms with E-state index in [1.165, 1.54) is 41.3 Å². The van der Waals surface area contributed by atoms with Crippen molar-refractivity contribution in [3.8, 4) is 5.75 Å². The average Bonchev–Trinajstić information content (AvgIpc) is 3.37. The Labute approximate surface area is 215 Å². The molecule has 0 aliphatic carbocycles. The number of fused-ring (bicyclic) bond motifs is 1. The van der Waals surface area contributed by atoms with Gasteiger partial charge in [0.15, 0.2) is 0 Å². The molecule has 0 unspecified atom stereocenters. The Bertz CT molecular complexity index is 1500. The van der Waals surface area contributed by atoms with Crippen LogP contribution in [0.25, 0.3) is 0 Å². The number of amides is 3. The Kier molecular flexibility index (Phi) is 5.96. The molecule has 5 rings (SSSR count). The number of anilines is 2. The number of benzene rings is 3. The normalized spacial score (nSPS) is 16.8. The maximum absolute atomic E-state index is 13.0. The van der Waals surface area contributed by atoms with Gasteiger partial charge >= 0.3 is 5.97 Å². The van der Waals surface area contributed by atoms with E-state index in [0.29, 0.717) is 16.3 Å². The summed E-state index contributed by atoms with van der Waals surface area (Å²) in [4.78, 5) is 64.2. The second kappa shape index (κ2) is 9.14. The number of imide groups is 1. The number of hydrogen-bond acceptors (Lipinski definition) is 7. The van der Waals surface area contributed by atoms with E-state index in [0.717, 1.165) is 4.90 Å². The number of halogens is 1. The standard InChI is InChI=1S/C26H18ClN3O7/c1-14-11-18(37-26(34)15-12-22(31)28(13-15)17-7-5-16(27)6-8-17)9-10-20(14)29-24(32)19-3-2-4-21(30(35)36)23(19)25(29)33/h2-11,15H,12-13H2,1H3/t15-/m1/s1. The fourth-order valence-corrected chi connectivity index (χ4v) is 4.64. The Morgan fingerprint density at radius 1 is 1.05 bits per heavy atom. The summed E-state index contributed by atoms with van der Waals surface area (Å²) in [5, 5.41) is 11.9. The summed E-state index contributed by atoms with van der Waals surface area (Å²) in [6, 6.07) is 14.9. The third-order valence-electron chi connectivity index (χ3n) is 6.31. The van der Waals surface area contributed by atoms with Gasteiger partial charge in [0.2, 0.25) is 5.91 Å². The molecule has 186 valence electrons. The zero-order chi connectivity index (χ0) is 26.4. The van der Waals surface area contributed by atoms with Crippen molar-refractivity contribution in [2.45, 2.75) is 13.3 Å². The molecule has 37 heavy (non-hydrogen) atoms. The van der Waals surface area contributed by atoms with E-state index in [-0.39, 0.29) is 41.4 Å². The van der Waals surface area contributed by atoms with Crippen LogP contribution in [0.5, 0.6) is 5.75 Å². The van der Waals surface area contributed by atoms with E-state index in [9.17, 15) is 29.3 Å². The second-order valence-corrected chi connectivity index (χ2v) is 9.09. The van der Waals surface area contributed by atoms with Crippen molar-refractivity contribution in [1.29, 1.82) is 0 Å². The first-order chi connectivity index (χ1) is 17.7. The van der Waals surface area contributed by atoms with Crippen LogP contribution in [0.1, 0.15) is 32.7 Å². The number of esters is 1. The highest BCUT2D eigenvalue weighted by atomic mass is 35.5. The SMILES string of the molecule is Cc1cc(OC(=O)[C@@H]2CC(=O)N(c3ccc(Cl)cc3)C2)ccc1N1C(=O)c2cccc([N+](=O)[O-])c2C1=O. The van der Waals surface area contributed by atoms with Crippen LogP contribution < -0.4 is 14.5 Å². The van der Waals surface area contributed by atoms with Crippen LogP contribution in [0.3, 0.4) is 0 Å². The monoisotopic (exact) mass is 519 g/mol. The molecule has 11 heteroatoms. The van der Waals surface area contributed by atoms with Crippen LogP contribution in [0.4, 0.5) is 17.1 Å². The van der Waals surface area contributed by atoms with Gasteiger partial charge in [0.25, 0.3) is 17.5 Å². The van der Waals surface area contributed by atoms with Crippen molar-refractivity contribution >= 4 is 52.4 Å². The van der Waals surface area contributed by atoms with Crippen LogP contribution in [-0.4, -0.2) is 35.2 Å². The lowest BCUT2D eigenvalue weighted by atomic mass is 10.1. The number of carbonyl (C=O) groups excluding carboxylic acids is 4. The Morgan fingerprint density at radius 2 is 1.78 bits per heavy atom.